The van der Waals surface area contributed by atoms with Crippen LogP contribution in [0.15, 0.2) is 41.1 Å². The van der Waals surface area contributed by atoms with E-state index in [0.717, 1.165) is 17.7 Å². The Balaban J connectivity index is 1.58. The van der Waals surface area contributed by atoms with E-state index < -0.39 is 17.7 Å². The molecule has 0 unspecified atom stereocenters. The molecule has 30 heavy (non-hydrogen) atoms. The summed E-state index contributed by atoms with van der Waals surface area (Å²) in [6.45, 7) is 0.675. The number of likely N-dealkylation sites (N-methyl/N-ethyl adjacent to an activating group) is 1. The highest BCUT2D eigenvalue weighted by atomic mass is 32.1. The molecule has 2 heterocycles. The number of amides is 2. The number of hydrogen-bond donors (Lipinski definition) is 1. The molecular weight excluding hydrogens is 415 g/mol. The van der Waals surface area contributed by atoms with E-state index in [2.05, 4.69) is 5.32 Å². The Hall–Kier alpha value is -2.39. The second-order valence-electron chi connectivity index (χ2n) is 7.65. The van der Waals surface area contributed by atoms with Crippen molar-refractivity contribution in [1.82, 2.24) is 15.1 Å². The van der Waals surface area contributed by atoms with Crippen molar-refractivity contribution in [3.05, 3.63) is 57.8 Å². The van der Waals surface area contributed by atoms with E-state index in [4.69, 9.17) is 0 Å². The number of hydrogen-bond acceptors (Lipinski definition) is 4. The number of halogens is 3. The number of thiophene rings is 1. The first-order valence-corrected chi connectivity index (χ1v) is 10.5. The quantitative estimate of drug-likeness (QED) is 0.718. The number of nitrogens with one attached hydrogen (secondary N) is 1. The molecule has 2 atom stereocenters. The van der Waals surface area contributed by atoms with E-state index in [1.807, 2.05) is 35.8 Å². The molecule has 0 radical (unpaired) electrons. The fourth-order valence-corrected chi connectivity index (χ4v) is 4.28. The Morgan fingerprint density at radius 1 is 1.33 bits per heavy atom. The standard InChI is InChI=1S/C21H24F3N3O2S/c1-26(2)18(15-6-7-30-13-15)10-25-20(29)16-9-19(28)27(12-16)11-14-4-3-5-17(8-14)21(22,23)24/h3-8,13,16,18H,9-12H2,1-2H3,(H,25,29)/t16-,18-/m0/s1. The number of nitrogens with zero attached hydrogens (tertiary/aromatic N) is 2. The molecule has 1 aliphatic heterocycles. The van der Waals surface area contributed by atoms with Gasteiger partial charge < -0.3 is 15.1 Å². The maximum atomic E-state index is 12.9. The topological polar surface area (TPSA) is 52.7 Å². The molecule has 0 aliphatic carbocycles. The third-order valence-corrected chi connectivity index (χ3v) is 5.94. The molecular formula is C21H24F3N3O2S. The first kappa shape index (κ1) is 22.3. The summed E-state index contributed by atoms with van der Waals surface area (Å²) in [6.07, 6.45) is -4.37. The van der Waals surface area contributed by atoms with E-state index in [1.165, 1.54) is 11.0 Å². The van der Waals surface area contributed by atoms with Crippen molar-refractivity contribution < 1.29 is 22.8 Å². The van der Waals surface area contributed by atoms with Gasteiger partial charge in [-0.25, -0.2) is 0 Å². The Morgan fingerprint density at radius 2 is 2.10 bits per heavy atom. The smallest absolute Gasteiger partial charge is 0.354 e. The van der Waals surface area contributed by atoms with E-state index in [9.17, 15) is 22.8 Å². The molecule has 162 valence electrons. The van der Waals surface area contributed by atoms with Crippen LogP contribution in [-0.4, -0.2) is 48.8 Å². The number of carbonyl (C=O) groups excluding carboxylic acids is 2. The van der Waals surface area contributed by atoms with Gasteiger partial charge in [0.25, 0.3) is 0 Å². The summed E-state index contributed by atoms with van der Waals surface area (Å²) in [7, 11) is 3.87. The molecule has 0 spiro atoms. The van der Waals surface area contributed by atoms with Gasteiger partial charge in [-0.3, -0.25) is 9.59 Å². The summed E-state index contributed by atoms with van der Waals surface area (Å²) < 4.78 is 38.7. The molecule has 1 fully saturated rings. The van der Waals surface area contributed by atoms with Crippen molar-refractivity contribution in [1.29, 1.82) is 0 Å². The van der Waals surface area contributed by atoms with Crippen LogP contribution < -0.4 is 5.32 Å². The van der Waals surface area contributed by atoms with Crippen LogP contribution >= 0.6 is 11.3 Å². The average Bonchev–Trinajstić information content (AvgIpc) is 3.32. The molecule has 1 saturated heterocycles. The fraction of sp³-hybridized carbons (Fsp3) is 0.429. The van der Waals surface area contributed by atoms with Gasteiger partial charge in [-0.15, -0.1) is 0 Å². The summed E-state index contributed by atoms with van der Waals surface area (Å²) in [5, 5.41) is 6.94. The van der Waals surface area contributed by atoms with Crippen LogP contribution in [-0.2, 0) is 22.3 Å². The van der Waals surface area contributed by atoms with Crippen molar-refractivity contribution in [3.63, 3.8) is 0 Å². The third-order valence-electron chi connectivity index (χ3n) is 5.23. The van der Waals surface area contributed by atoms with Crippen LogP contribution in [0.25, 0.3) is 0 Å². The fourth-order valence-electron chi connectivity index (χ4n) is 3.57. The monoisotopic (exact) mass is 439 g/mol. The second-order valence-corrected chi connectivity index (χ2v) is 8.43. The molecule has 1 aliphatic rings. The lowest BCUT2D eigenvalue weighted by molar-refractivity contribution is -0.137. The average molecular weight is 440 g/mol. The van der Waals surface area contributed by atoms with Crippen molar-refractivity contribution in [2.45, 2.75) is 25.2 Å². The highest BCUT2D eigenvalue weighted by Crippen LogP contribution is 2.30. The Morgan fingerprint density at radius 3 is 2.73 bits per heavy atom. The van der Waals surface area contributed by atoms with Crippen LogP contribution in [0.2, 0.25) is 0 Å². The maximum Gasteiger partial charge on any atom is 0.416 e. The van der Waals surface area contributed by atoms with E-state index in [-0.39, 0.29) is 37.4 Å². The van der Waals surface area contributed by atoms with Crippen LogP contribution in [0.1, 0.15) is 29.2 Å². The zero-order chi connectivity index (χ0) is 21.9. The summed E-state index contributed by atoms with van der Waals surface area (Å²) >= 11 is 1.59. The molecule has 1 aromatic carbocycles. The van der Waals surface area contributed by atoms with Gasteiger partial charge in [-0.1, -0.05) is 12.1 Å². The maximum absolute atomic E-state index is 12.9. The largest absolute Gasteiger partial charge is 0.416 e. The number of carbonyl (C=O) groups is 2. The molecule has 9 heteroatoms. The Bertz CT molecular complexity index is 884. The molecule has 3 rings (SSSR count). The van der Waals surface area contributed by atoms with Crippen molar-refractivity contribution in [2.24, 2.45) is 5.92 Å². The zero-order valence-corrected chi connectivity index (χ0v) is 17.6. The molecule has 1 N–H and O–H groups in total. The van der Waals surface area contributed by atoms with Gasteiger partial charge in [-0.2, -0.15) is 24.5 Å². The first-order chi connectivity index (χ1) is 14.1. The molecule has 1 aromatic heterocycles. The molecule has 2 aromatic rings. The normalized spacial score (nSPS) is 18.1. The van der Waals surface area contributed by atoms with Gasteiger partial charge in [0.1, 0.15) is 0 Å². The summed E-state index contributed by atoms with van der Waals surface area (Å²) in [4.78, 5) is 28.4. The minimum atomic E-state index is -4.43. The van der Waals surface area contributed by atoms with Gasteiger partial charge in [0.2, 0.25) is 11.8 Å². The van der Waals surface area contributed by atoms with Gasteiger partial charge in [0, 0.05) is 26.1 Å². The van der Waals surface area contributed by atoms with Crippen LogP contribution in [0.5, 0.6) is 0 Å². The van der Waals surface area contributed by atoms with Crippen LogP contribution in [0.4, 0.5) is 13.2 Å². The minimum absolute atomic E-state index is 0.0264. The van der Waals surface area contributed by atoms with E-state index in [0.29, 0.717) is 12.1 Å². The highest BCUT2D eigenvalue weighted by Gasteiger charge is 2.35. The second kappa shape index (κ2) is 9.18. The van der Waals surface area contributed by atoms with Crippen molar-refractivity contribution in [2.75, 3.05) is 27.2 Å². The third kappa shape index (κ3) is 5.40. The lowest BCUT2D eigenvalue weighted by Crippen LogP contribution is -2.38. The molecule has 0 saturated carbocycles. The minimum Gasteiger partial charge on any atom is -0.354 e. The summed E-state index contributed by atoms with van der Waals surface area (Å²) in [6, 6.07) is 6.96. The Labute approximate surface area is 177 Å². The van der Waals surface area contributed by atoms with Gasteiger partial charge in [0.05, 0.1) is 17.5 Å². The SMILES string of the molecule is CN(C)[C@@H](CNC(=O)[C@H]1CC(=O)N(Cc2cccc(C(F)(F)F)c2)C1)c1ccsc1. The van der Waals surface area contributed by atoms with Crippen molar-refractivity contribution >= 4 is 23.2 Å². The lowest BCUT2D eigenvalue weighted by Gasteiger charge is -2.24. The molecule has 5 nitrogen and oxygen atoms in total. The zero-order valence-electron chi connectivity index (χ0n) is 16.8. The van der Waals surface area contributed by atoms with Gasteiger partial charge in [0.15, 0.2) is 0 Å². The highest BCUT2D eigenvalue weighted by molar-refractivity contribution is 7.07. The first-order valence-electron chi connectivity index (χ1n) is 9.55. The van der Waals surface area contributed by atoms with Crippen molar-refractivity contribution in [3.8, 4) is 0 Å². The number of likely N-dealkylation sites (tertiary alicyclic amines) is 1. The van der Waals surface area contributed by atoms with E-state index >= 15 is 0 Å². The predicted octanol–water partition coefficient (Wildman–Crippen LogP) is 3.53. The number of alkyl halides is 3. The van der Waals surface area contributed by atoms with E-state index in [1.54, 1.807) is 17.4 Å². The number of rotatable bonds is 7. The van der Waals surface area contributed by atoms with Crippen LogP contribution in [0, 0.1) is 5.92 Å². The lowest BCUT2D eigenvalue weighted by atomic mass is 10.1. The molecule has 2 amide bonds. The molecule has 0 bridgehead atoms. The summed E-state index contributed by atoms with van der Waals surface area (Å²) in [5.74, 6) is -0.944. The predicted molar refractivity (Wildman–Crippen MR) is 109 cm³/mol. The number of benzene rings is 1. The van der Waals surface area contributed by atoms with Crippen LogP contribution in [0.3, 0.4) is 0 Å². The Kier molecular flexibility index (Phi) is 6.82. The summed E-state index contributed by atoms with van der Waals surface area (Å²) in [5.41, 5.74) is 0.757. The van der Waals surface area contributed by atoms with Gasteiger partial charge in [-0.05, 0) is 54.2 Å². The van der Waals surface area contributed by atoms with Gasteiger partial charge >= 0.3 is 6.18 Å².